The molecule has 0 atom stereocenters. The molecule has 0 radical (unpaired) electrons. The molecule has 1 N–H and O–H groups in total. The normalized spacial score (nSPS) is 16.3. The van der Waals surface area contributed by atoms with Gasteiger partial charge in [0.25, 0.3) is 0 Å². The number of aliphatic hydroxyl groups is 1. The molecule has 0 spiro atoms. The molecule has 0 aromatic carbocycles. The number of anilines is 1. The average molecular weight is 403 g/mol. The van der Waals surface area contributed by atoms with Gasteiger partial charge in [0.1, 0.15) is 11.9 Å². The minimum Gasteiger partial charge on any atom is -0.396 e. The Kier molecular flexibility index (Phi) is 5.77. The second kappa shape index (κ2) is 8.64. The standard InChI is InChI=1S/C23H25N5O2/c1-2-19-13-17(5-7-25-19)20-14-18(15-24)23(26-22(20)16-3-4-16)28-10-8-27(9-11-28)21(30)6-12-29/h2,5,7,13-14,16,29H,1,3-4,6,8-12H2. The summed E-state index contributed by atoms with van der Waals surface area (Å²) in [6.07, 6.45) is 5.83. The fraction of sp³-hybridized carbons (Fsp3) is 0.391. The number of carbonyl (C=O) groups is 1. The minimum absolute atomic E-state index is 0.0321. The third-order valence-electron chi connectivity index (χ3n) is 5.68. The largest absolute Gasteiger partial charge is 0.396 e. The summed E-state index contributed by atoms with van der Waals surface area (Å²) in [5, 5.41) is 18.8. The van der Waals surface area contributed by atoms with E-state index in [9.17, 15) is 10.1 Å². The summed E-state index contributed by atoms with van der Waals surface area (Å²) in [5.41, 5.74) is 4.35. The van der Waals surface area contributed by atoms with Gasteiger partial charge >= 0.3 is 0 Å². The smallest absolute Gasteiger partial charge is 0.225 e. The second-order valence-corrected chi connectivity index (χ2v) is 7.69. The van der Waals surface area contributed by atoms with Crippen molar-refractivity contribution in [2.24, 2.45) is 0 Å². The molecule has 2 aromatic heterocycles. The first-order chi connectivity index (χ1) is 14.6. The first kappa shape index (κ1) is 20.0. The van der Waals surface area contributed by atoms with Crippen molar-refractivity contribution in [2.45, 2.75) is 25.2 Å². The third-order valence-corrected chi connectivity index (χ3v) is 5.68. The summed E-state index contributed by atoms with van der Waals surface area (Å²) in [6, 6.07) is 8.19. The number of amides is 1. The molecule has 2 aromatic rings. The highest BCUT2D eigenvalue weighted by Crippen LogP contribution is 2.45. The fourth-order valence-electron chi connectivity index (χ4n) is 3.89. The van der Waals surface area contributed by atoms with Gasteiger partial charge in [0.2, 0.25) is 5.91 Å². The maximum absolute atomic E-state index is 12.0. The zero-order valence-corrected chi connectivity index (χ0v) is 16.9. The highest BCUT2D eigenvalue weighted by molar-refractivity contribution is 5.77. The topological polar surface area (TPSA) is 93.4 Å². The van der Waals surface area contributed by atoms with Gasteiger partial charge in [0.05, 0.1) is 23.6 Å². The lowest BCUT2D eigenvalue weighted by Gasteiger charge is -2.36. The molecule has 154 valence electrons. The molecule has 7 nitrogen and oxygen atoms in total. The van der Waals surface area contributed by atoms with Gasteiger partial charge in [-0.3, -0.25) is 9.78 Å². The number of nitriles is 1. The number of aliphatic hydroxyl groups excluding tert-OH is 1. The lowest BCUT2D eigenvalue weighted by molar-refractivity contribution is -0.132. The predicted molar refractivity (Wildman–Crippen MR) is 115 cm³/mol. The highest BCUT2D eigenvalue weighted by Gasteiger charge is 2.31. The van der Waals surface area contributed by atoms with Crippen LogP contribution in [0.1, 0.15) is 42.1 Å². The third kappa shape index (κ3) is 4.05. The number of aromatic nitrogens is 2. The number of hydrogen-bond donors (Lipinski definition) is 1. The quantitative estimate of drug-likeness (QED) is 0.797. The van der Waals surface area contributed by atoms with Crippen molar-refractivity contribution < 1.29 is 9.90 Å². The molecule has 1 amide bonds. The Balaban J connectivity index is 1.65. The minimum atomic E-state index is -0.131. The van der Waals surface area contributed by atoms with Crippen LogP contribution in [-0.2, 0) is 4.79 Å². The van der Waals surface area contributed by atoms with E-state index in [4.69, 9.17) is 10.1 Å². The van der Waals surface area contributed by atoms with Gasteiger partial charge in [0.15, 0.2) is 0 Å². The average Bonchev–Trinajstić information content (AvgIpc) is 3.64. The van der Waals surface area contributed by atoms with Crippen molar-refractivity contribution in [1.82, 2.24) is 14.9 Å². The predicted octanol–water partition coefficient (Wildman–Crippen LogP) is 2.57. The van der Waals surface area contributed by atoms with Crippen molar-refractivity contribution in [3.63, 3.8) is 0 Å². The Bertz CT molecular complexity index is 1000. The Morgan fingerprint density at radius 2 is 2.07 bits per heavy atom. The molecule has 1 saturated heterocycles. The van der Waals surface area contributed by atoms with E-state index in [1.165, 1.54) is 0 Å². The van der Waals surface area contributed by atoms with E-state index in [1.54, 1.807) is 17.2 Å². The molecule has 0 unspecified atom stereocenters. The monoisotopic (exact) mass is 403 g/mol. The fourth-order valence-corrected chi connectivity index (χ4v) is 3.89. The van der Waals surface area contributed by atoms with Gasteiger partial charge in [-0.05, 0) is 42.7 Å². The zero-order valence-electron chi connectivity index (χ0n) is 16.9. The second-order valence-electron chi connectivity index (χ2n) is 7.69. The molecule has 4 rings (SSSR count). The Morgan fingerprint density at radius 3 is 2.70 bits per heavy atom. The highest BCUT2D eigenvalue weighted by atomic mass is 16.3. The summed E-state index contributed by atoms with van der Waals surface area (Å²) >= 11 is 0. The van der Waals surface area contributed by atoms with E-state index in [0.29, 0.717) is 43.5 Å². The van der Waals surface area contributed by atoms with Crippen LogP contribution in [0.5, 0.6) is 0 Å². The Labute approximate surface area is 176 Å². The molecule has 1 saturated carbocycles. The maximum atomic E-state index is 12.0. The first-order valence-electron chi connectivity index (χ1n) is 10.3. The van der Waals surface area contributed by atoms with Crippen LogP contribution in [0, 0.1) is 11.3 Å². The van der Waals surface area contributed by atoms with E-state index in [1.807, 2.05) is 18.2 Å². The van der Waals surface area contributed by atoms with Gasteiger partial charge in [0, 0.05) is 50.3 Å². The van der Waals surface area contributed by atoms with Crippen LogP contribution >= 0.6 is 0 Å². The van der Waals surface area contributed by atoms with E-state index < -0.39 is 0 Å². The Morgan fingerprint density at radius 1 is 1.30 bits per heavy atom. The van der Waals surface area contributed by atoms with Crippen LogP contribution in [0.4, 0.5) is 5.82 Å². The van der Waals surface area contributed by atoms with Crippen LogP contribution < -0.4 is 4.90 Å². The maximum Gasteiger partial charge on any atom is 0.225 e. The van der Waals surface area contributed by atoms with Crippen LogP contribution in [-0.4, -0.2) is 58.7 Å². The number of piperazine rings is 1. The van der Waals surface area contributed by atoms with Gasteiger partial charge in [-0.15, -0.1) is 0 Å². The lowest BCUT2D eigenvalue weighted by atomic mass is 9.99. The molecule has 2 fully saturated rings. The molecule has 3 heterocycles. The zero-order chi connectivity index (χ0) is 21.1. The van der Waals surface area contributed by atoms with Gasteiger partial charge in [-0.2, -0.15) is 5.26 Å². The van der Waals surface area contributed by atoms with E-state index in [0.717, 1.165) is 35.4 Å². The molecule has 7 heteroatoms. The molecule has 1 aliphatic heterocycles. The molecule has 1 aliphatic carbocycles. The Hall–Kier alpha value is -3.24. The van der Waals surface area contributed by atoms with E-state index >= 15 is 0 Å². The molecular formula is C23H25N5O2. The van der Waals surface area contributed by atoms with Crippen molar-refractivity contribution >= 4 is 17.8 Å². The SMILES string of the molecule is C=Cc1cc(-c2cc(C#N)c(N3CCN(C(=O)CCO)CC3)nc2C2CC2)ccn1. The molecule has 30 heavy (non-hydrogen) atoms. The first-order valence-corrected chi connectivity index (χ1v) is 10.3. The summed E-state index contributed by atoms with van der Waals surface area (Å²) < 4.78 is 0. The molecule has 2 aliphatic rings. The van der Waals surface area contributed by atoms with E-state index in [-0.39, 0.29) is 18.9 Å². The number of rotatable bonds is 6. The van der Waals surface area contributed by atoms with Gasteiger partial charge in [-0.1, -0.05) is 6.58 Å². The van der Waals surface area contributed by atoms with Crippen molar-refractivity contribution in [3.8, 4) is 17.2 Å². The van der Waals surface area contributed by atoms with Crippen molar-refractivity contribution in [2.75, 3.05) is 37.7 Å². The molecular weight excluding hydrogens is 378 g/mol. The van der Waals surface area contributed by atoms with E-state index in [2.05, 4.69) is 22.5 Å². The van der Waals surface area contributed by atoms with Crippen LogP contribution in [0.3, 0.4) is 0 Å². The van der Waals surface area contributed by atoms with Crippen molar-refractivity contribution in [1.29, 1.82) is 5.26 Å². The van der Waals surface area contributed by atoms with Crippen molar-refractivity contribution in [3.05, 3.63) is 47.9 Å². The molecule has 0 bridgehead atoms. The van der Waals surface area contributed by atoms with Gasteiger partial charge in [-0.25, -0.2) is 4.98 Å². The number of nitrogens with zero attached hydrogens (tertiary/aromatic N) is 5. The van der Waals surface area contributed by atoms with Gasteiger partial charge < -0.3 is 14.9 Å². The summed E-state index contributed by atoms with van der Waals surface area (Å²) in [7, 11) is 0. The summed E-state index contributed by atoms with van der Waals surface area (Å²) in [5.74, 6) is 1.09. The number of hydrogen-bond acceptors (Lipinski definition) is 6. The lowest BCUT2D eigenvalue weighted by Crippen LogP contribution is -2.49. The number of pyridine rings is 2. The van der Waals surface area contributed by atoms with Crippen LogP contribution in [0.15, 0.2) is 31.0 Å². The summed E-state index contributed by atoms with van der Waals surface area (Å²) in [4.78, 5) is 25.2. The van der Waals surface area contributed by atoms with Crippen LogP contribution in [0.25, 0.3) is 17.2 Å². The van der Waals surface area contributed by atoms with Crippen LogP contribution in [0.2, 0.25) is 0 Å². The number of carbonyl (C=O) groups excluding carboxylic acids is 1. The summed E-state index contributed by atoms with van der Waals surface area (Å²) in [6.45, 7) is 6.05.